The third-order valence-electron chi connectivity index (χ3n) is 5.34. The number of anilines is 2. The van der Waals surface area contributed by atoms with Crippen LogP contribution >= 0.6 is 0 Å². The van der Waals surface area contributed by atoms with Crippen molar-refractivity contribution in [2.75, 3.05) is 25.2 Å². The van der Waals surface area contributed by atoms with Crippen molar-refractivity contribution in [1.29, 1.82) is 0 Å². The molecule has 1 aliphatic heterocycles. The minimum atomic E-state index is -0.448. The van der Waals surface area contributed by atoms with E-state index >= 15 is 0 Å². The number of carbonyl (C=O) groups is 1. The number of methoxy groups -OCH3 is 1. The Balaban J connectivity index is 1.63. The molecular formula is C24H24FN3O3. The van der Waals surface area contributed by atoms with Crippen LogP contribution < -0.4 is 9.64 Å². The molecule has 2 heterocycles. The van der Waals surface area contributed by atoms with Crippen molar-refractivity contribution in [2.24, 2.45) is 0 Å². The Morgan fingerprint density at radius 1 is 1.16 bits per heavy atom. The fraction of sp³-hybridized carbons (Fsp3) is 0.292. The fourth-order valence-corrected chi connectivity index (χ4v) is 3.78. The lowest BCUT2D eigenvalue weighted by Crippen LogP contribution is -2.15. The molecule has 0 saturated carbocycles. The monoisotopic (exact) mass is 421 g/mol. The van der Waals surface area contributed by atoms with Crippen LogP contribution in [0.5, 0.6) is 5.75 Å². The van der Waals surface area contributed by atoms with Gasteiger partial charge < -0.3 is 14.4 Å². The number of nitrogens with zero attached hydrogens (tertiary/aromatic N) is 3. The molecule has 0 atom stereocenters. The summed E-state index contributed by atoms with van der Waals surface area (Å²) in [6, 6.07) is 12.5. The molecule has 6 nitrogen and oxygen atoms in total. The second-order valence-corrected chi connectivity index (χ2v) is 7.33. The van der Waals surface area contributed by atoms with Crippen molar-refractivity contribution in [3.05, 3.63) is 65.1 Å². The summed E-state index contributed by atoms with van der Waals surface area (Å²) < 4.78 is 24.2. The normalized spacial score (nSPS) is 12.6. The zero-order chi connectivity index (χ0) is 22.0. The molecular weight excluding hydrogens is 397 g/mol. The predicted molar refractivity (Wildman–Crippen MR) is 116 cm³/mol. The van der Waals surface area contributed by atoms with Gasteiger partial charge in [-0.1, -0.05) is 12.1 Å². The van der Waals surface area contributed by atoms with E-state index < -0.39 is 5.82 Å². The highest BCUT2D eigenvalue weighted by Crippen LogP contribution is 2.36. The summed E-state index contributed by atoms with van der Waals surface area (Å²) in [6.07, 6.45) is 1.09. The van der Waals surface area contributed by atoms with Crippen LogP contribution in [0.1, 0.15) is 23.7 Å². The molecule has 0 saturated heterocycles. The molecule has 160 valence electrons. The SMILES string of the molecule is CCOC(=O)Cc1ccc(N2CCc3c(C)nc(-c4ccc(OC)c(F)c4)nc32)cc1. The van der Waals surface area contributed by atoms with Gasteiger partial charge in [0.15, 0.2) is 17.4 Å². The number of rotatable bonds is 6. The number of aromatic nitrogens is 2. The second-order valence-electron chi connectivity index (χ2n) is 7.33. The highest BCUT2D eigenvalue weighted by Gasteiger charge is 2.26. The van der Waals surface area contributed by atoms with Crippen LogP contribution in [0.2, 0.25) is 0 Å². The van der Waals surface area contributed by atoms with E-state index in [0.717, 1.165) is 41.3 Å². The average molecular weight is 421 g/mol. The highest BCUT2D eigenvalue weighted by atomic mass is 19.1. The van der Waals surface area contributed by atoms with Crippen LogP contribution in [-0.2, 0) is 22.4 Å². The zero-order valence-electron chi connectivity index (χ0n) is 17.8. The van der Waals surface area contributed by atoms with E-state index in [9.17, 15) is 9.18 Å². The molecule has 0 aliphatic carbocycles. The number of benzene rings is 2. The lowest BCUT2D eigenvalue weighted by Gasteiger charge is -2.19. The Bertz CT molecular complexity index is 1120. The van der Waals surface area contributed by atoms with Crippen molar-refractivity contribution in [2.45, 2.75) is 26.7 Å². The summed E-state index contributed by atoms with van der Waals surface area (Å²) in [6.45, 7) is 4.91. The van der Waals surface area contributed by atoms with Gasteiger partial charge in [-0.2, -0.15) is 0 Å². The molecule has 0 N–H and O–H groups in total. The van der Waals surface area contributed by atoms with Gasteiger partial charge in [0.1, 0.15) is 5.82 Å². The molecule has 0 amide bonds. The van der Waals surface area contributed by atoms with Gasteiger partial charge in [-0.25, -0.2) is 14.4 Å². The summed E-state index contributed by atoms with van der Waals surface area (Å²) >= 11 is 0. The molecule has 4 rings (SSSR count). The highest BCUT2D eigenvalue weighted by molar-refractivity contribution is 5.74. The number of halogens is 1. The number of esters is 1. The largest absolute Gasteiger partial charge is 0.494 e. The Morgan fingerprint density at radius 3 is 2.61 bits per heavy atom. The summed E-state index contributed by atoms with van der Waals surface area (Å²) in [5.41, 5.74) is 4.46. The standard InChI is InChI=1S/C24H24FN3O3/c1-4-31-22(29)13-16-5-8-18(9-6-16)28-12-11-19-15(2)26-23(27-24(19)28)17-7-10-21(30-3)20(25)14-17/h5-10,14H,4,11-13H2,1-3H3. The van der Waals surface area contributed by atoms with Crippen LogP contribution in [0, 0.1) is 12.7 Å². The quantitative estimate of drug-likeness (QED) is 0.550. The van der Waals surface area contributed by atoms with E-state index in [4.69, 9.17) is 14.5 Å². The number of fused-ring (bicyclic) bond motifs is 1. The third kappa shape index (κ3) is 4.21. The van der Waals surface area contributed by atoms with E-state index in [1.54, 1.807) is 19.1 Å². The van der Waals surface area contributed by atoms with Gasteiger partial charge in [0.25, 0.3) is 0 Å². The van der Waals surface area contributed by atoms with Crippen LogP contribution in [0.15, 0.2) is 42.5 Å². The van der Waals surface area contributed by atoms with E-state index in [1.165, 1.54) is 13.2 Å². The van der Waals surface area contributed by atoms with Gasteiger partial charge >= 0.3 is 5.97 Å². The van der Waals surface area contributed by atoms with Crippen molar-refractivity contribution < 1.29 is 18.7 Å². The van der Waals surface area contributed by atoms with E-state index in [1.807, 2.05) is 31.2 Å². The number of hydrogen-bond acceptors (Lipinski definition) is 6. The molecule has 0 spiro atoms. The first-order chi connectivity index (χ1) is 15.0. The van der Waals surface area contributed by atoms with Crippen molar-refractivity contribution in [1.82, 2.24) is 9.97 Å². The van der Waals surface area contributed by atoms with Gasteiger partial charge in [-0.3, -0.25) is 4.79 Å². The topological polar surface area (TPSA) is 64.5 Å². The first-order valence-electron chi connectivity index (χ1n) is 10.2. The smallest absolute Gasteiger partial charge is 0.310 e. The molecule has 0 radical (unpaired) electrons. The summed E-state index contributed by atoms with van der Waals surface area (Å²) in [7, 11) is 1.43. The predicted octanol–water partition coefficient (Wildman–Crippen LogP) is 4.40. The second kappa shape index (κ2) is 8.71. The van der Waals surface area contributed by atoms with Crippen molar-refractivity contribution in [3.8, 4) is 17.1 Å². The Morgan fingerprint density at radius 2 is 1.94 bits per heavy atom. The number of carbonyl (C=O) groups excluding carboxylic acids is 1. The van der Waals surface area contributed by atoms with Crippen molar-refractivity contribution >= 4 is 17.5 Å². The number of ether oxygens (including phenoxy) is 2. The van der Waals surface area contributed by atoms with Crippen molar-refractivity contribution in [3.63, 3.8) is 0 Å². The molecule has 31 heavy (non-hydrogen) atoms. The first kappa shape index (κ1) is 20.8. The molecule has 0 fully saturated rings. The lowest BCUT2D eigenvalue weighted by molar-refractivity contribution is -0.142. The molecule has 2 aromatic carbocycles. The number of hydrogen-bond donors (Lipinski definition) is 0. The van der Waals surface area contributed by atoms with Crippen LogP contribution in [0.3, 0.4) is 0 Å². The summed E-state index contributed by atoms with van der Waals surface area (Å²) in [4.78, 5) is 23.2. The lowest BCUT2D eigenvalue weighted by atomic mass is 10.1. The van der Waals surface area contributed by atoms with Crippen LogP contribution in [0.25, 0.3) is 11.4 Å². The van der Waals surface area contributed by atoms with Gasteiger partial charge in [0, 0.05) is 29.1 Å². The Hall–Kier alpha value is -3.48. The van der Waals surface area contributed by atoms with E-state index in [0.29, 0.717) is 18.0 Å². The minimum absolute atomic E-state index is 0.186. The van der Waals surface area contributed by atoms with Crippen LogP contribution in [-0.4, -0.2) is 36.2 Å². The van der Waals surface area contributed by atoms with Gasteiger partial charge in [0.2, 0.25) is 0 Å². The maximum absolute atomic E-state index is 14.2. The fourth-order valence-electron chi connectivity index (χ4n) is 3.78. The Kier molecular flexibility index (Phi) is 5.84. The molecule has 1 aliphatic rings. The molecule has 0 bridgehead atoms. The maximum atomic E-state index is 14.2. The molecule has 1 aromatic heterocycles. The van der Waals surface area contributed by atoms with Gasteiger partial charge in [0.05, 0.1) is 20.1 Å². The van der Waals surface area contributed by atoms with Gasteiger partial charge in [-0.15, -0.1) is 0 Å². The minimum Gasteiger partial charge on any atom is -0.494 e. The summed E-state index contributed by atoms with van der Waals surface area (Å²) in [5, 5.41) is 0. The van der Waals surface area contributed by atoms with Gasteiger partial charge in [-0.05, 0) is 56.2 Å². The Labute approximate surface area is 180 Å². The third-order valence-corrected chi connectivity index (χ3v) is 5.34. The van der Waals surface area contributed by atoms with E-state index in [-0.39, 0.29) is 18.1 Å². The number of aryl methyl sites for hydroxylation is 1. The molecule has 3 aromatic rings. The maximum Gasteiger partial charge on any atom is 0.310 e. The molecule has 7 heteroatoms. The zero-order valence-corrected chi connectivity index (χ0v) is 17.8. The molecule has 0 unspecified atom stereocenters. The van der Waals surface area contributed by atoms with E-state index in [2.05, 4.69) is 9.88 Å². The summed E-state index contributed by atoms with van der Waals surface area (Å²) in [5.74, 6) is 0.809. The first-order valence-corrected chi connectivity index (χ1v) is 10.2. The average Bonchev–Trinajstić information content (AvgIpc) is 3.19. The van der Waals surface area contributed by atoms with Crippen LogP contribution in [0.4, 0.5) is 15.9 Å².